The molecule has 0 radical (unpaired) electrons. The maximum Gasteiger partial charge on any atom is 0.261 e. The van der Waals surface area contributed by atoms with Crippen LogP contribution >= 0.6 is 11.3 Å². The number of primary amides is 1. The Hall–Kier alpha value is -1.40. The summed E-state index contributed by atoms with van der Waals surface area (Å²) in [6.45, 7) is 1.86. The van der Waals surface area contributed by atoms with Gasteiger partial charge in [-0.3, -0.25) is 14.5 Å². The SMILES string of the molecule is NC(=O)CN1CCC[C@@H](NC(=O)c2cc3c(s2)CCCCC3)C1. The minimum absolute atomic E-state index is 0.0361. The second-order valence-electron chi connectivity index (χ2n) is 6.63. The molecular weight excluding hydrogens is 310 g/mol. The number of nitrogens with zero attached hydrogens (tertiary/aromatic N) is 1. The number of nitrogens with one attached hydrogen (secondary N) is 1. The maximum absolute atomic E-state index is 12.5. The van der Waals surface area contributed by atoms with Gasteiger partial charge in [0.15, 0.2) is 0 Å². The quantitative estimate of drug-likeness (QED) is 0.822. The van der Waals surface area contributed by atoms with Crippen molar-refractivity contribution >= 4 is 23.2 Å². The lowest BCUT2D eigenvalue weighted by Crippen LogP contribution is -2.49. The molecule has 126 valence electrons. The molecule has 0 saturated carbocycles. The molecule has 0 spiro atoms. The molecule has 23 heavy (non-hydrogen) atoms. The van der Waals surface area contributed by atoms with Gasteiger partial charge in [-0.2, -0.15) is 0 Å². The number of hydrogen-bond acceptors (Lipinski definition) is 4. The molecular formula is C17H25N3O2S. The zero-order chi connectivity index (χ0) is 16.2. The average molecular weight is 335 g/mol. The third-order valence-corrected chi connectivity index (χ3v) is 5.93. The highest BCUT2D eigenvalue weighted by atomic mass is 32.1. The predicted molar refractivity (Wildman–Crippen MR) is 91.7 cm³/mol. The van der Waals surface area contributed by atoms with Crippen LogP contribution in [0.2, 0.25) is 0 Å². The fourth-order valence-corrected chi connectivity index (χ4v) is 4.73. The number of nitrogens with two attached hydrogens (primary N) is 1. The van der Waals surface area contributed by atoms with E-state index in [1.807, 2.05) is 4.90 Å². The van der Waals surface area contributed by atoms with Gasteiger partial charge in [-0.05, 0) is 56.7 Å². The lowest BCUT2D eigenvalue weighted by atomic mass is 10.1. The molecule has 3 rings (SSSR count). The second kappa shape index (κ2) is 7.45. The summed E-state index contributed by atoms with van der Waals surface area (Å²) in [5, 5.41) is 3.14. The Balaban J connectivity index is 1.59. The monoisotopic (exact) mass is 335 g/mol. The fourth-order valence-electron chi connectivity index (χ4n) is 3.57. The Morgan fingerprint density at radius 3 is 2.91 bits per heavy atom. The van der Waals surface area contributed by atoms with Crippen molar-refractivity contribution < 1.29 is 9.59 Å². The van der Waals surface area contributed by atoms with E-state index in [0.717, 1.165) is 37.1 Å². The van der Waals surface area contributed by atoms with Crippen LogP contribution in [0.5, 0.6) is 0 Å². The summed E-state index contributed by atoms with van der Waals surface area (Å²) in [4.78, 5) is 27.8. The molecule has 1 aromatic heterocycles. The number of amides is 2. The first kappa shape index (κ1) is 16.5. The fraction of sp³-hybridized carbons (Fsp3) is 0.647. The average Bonchev–Trinajstić information content (AvgIpc) is 2.78. The lowest BCUT2D eigenvalue weighted by molar-refractivity contribution is -0.119. The summed E-state index contributed by atoms with van der Waals surface area (Å²) in [5.74, 6) is -0.270. The van der Waals surface area contributed by atoms with Crippen LogP contribution in [-0.2, 0) is 17.6 Å². The number of thiophene rings is 1. The zero-order valence-corrected chi connectivity index (χ0v) is 14.3. The maximum atomic E-state index is 12.5. The first-order valence-electron chi connectivity index (χ1n) is 8.55. The molecule has 5 nitrogen and oxygen atoms in total. The Kier molecular flexibility index (Phi) is 5.33. The van der Waals surface area contributed by atoms with E-state index in [2.05, 4.69) is 11.4 Å². The summed E-state index contributed by atoms with van der Waals surface area (Å²) >= 11 is 1.66. The van der Waals surface area contributed by atoms with E-state index in [4.69, 9.17) is 5.73 Å². The van der Waals surface area contributed by atoms with Gasteiger partial charge >= 0.3 is 0 Å². The number of carbonyl (C=O) groups is 2. The van der Waals surface area contributed by atoms with E-state index >= 15 is 0 Å². The Labute approximate surface area is 141 Å². The Morgan fingerprint density at radius 1 is 1.26 bits per heavy atom. The zero-order valence-electron chi connectivity index (χ0n) is 13.5. The summed E-state index contributed by atoms with van der Waals surface area (Å²) < 4.78 is 0. The van der Waals surface area contributed by atoms with Crippen LogP contribution in [0.4, 0.5) is 0 Å². The number of carbonyl (C=O) groups excluding carboxylic acids is 2. The van der Waals surface area contributed by atoms with Crippen LogP contribution in [-0.4, -0.2) is 42.4 Å². The standard InChI is InChI=1S/C17H25N3O2S/c18-16(21)11-20-8-4-6-13(10-20)19-17(22)15-9-12-5-2-1-3-7-14(12)23-15/h9,13H,1-8,10-11H2,(H2,18,21)(H,19,22)/t13-/m1/s1. The number of hydrogen-bond donors (Lipinski definition) is 2. The van der Waals surface area contributed by atoms with Crippen molar-refractivity contribution in [2.75, 3.05) is 19.6 Å². The molecule has 0 bridgehead atoms. The van der Waals surface area contributed by atoms with Crippen molar-refractivity contribution in [3.8, 4) is 0 Å². The Morgan fingerprint density at radius 2 is 2.09 bits per heavy atom. The molecule has 1 aromatic rings. The molecule has 0 unspecified atom stereocenters. The summed E-state index contributed by atoms with van der Waals surface area (Å²) in [5.41, 5.74) is 6.64. The minimum Gasteiger partial charge on any atom is -0.369 e. The van der Waals surface area contributed by atoms with Gasteiger partial charge in [0.05, 0.1) is 11.4 Å². The summed E-state index contributed by atoms with van der Waals surface area (Å²) in [6, 6.07) is 2.20. The van der Waals surface area contributed by atoms with E-state index < -0.39 is 0 Å². The minimum atomic E-state index is -0.307. The third-order valence-electron chi connectivity index (χ3n) is 4.69. The smallest absolute Gasteiger partial charge is 0.261 e. The molecule has 2 heterocycles. The first-order valence-corrected chi connectivity index (χ1v) is 9.36. The number of aryl methyl sites for hydroxylation is 2. The molecule has 3 N–H and O–H groups in total. The number of rotatable bonds is 4. The predicted octanol–water partition coefficient (Wildman–Crippen LogP) is 1.70. The number of fused-ring (bicyclic) bond motifs is 1. The van der Waals surface area contributed by atoms with Crippen LogP contribution < -0.4 is 11.1 Å². The molecule has 1 fully saturated rings. The highest BCUT2D eigenvalue weighted by Crippen LogP contribution is 2.29. The normalized spacial score (nSPS) is 22.2. The van der Waals surface area contributed by atoms with Gasteiger partial charge in [0.1, 0.15) is 0 Å². The van der Waals surface area contributed by atoms with Crippen molar-refractivity contribution in [2.45, 2.75) is 51.0 Å². The molecule has 2 aliphatic rings. The van der Waals surface area contributed by atoms with E-state index in [1.54, 1.807) is 11.3 Å². The van der Waals surface area contributed by atoms with E-state index in [-0.39, 0.29) is 24.4 Å². The third kappa shape index (κ3) is 4.32. The van der Waals surface area contributed by atoms with Gasteiger partial charge in [0, 0.05) is 17.5 Å². The van der Waals surface area contributed by atoms with Gasteiger partial charge in [0.25, 0.3) is 5.91 Å². The van der Waals surface area contributed by atoms with Gasteiger partial charge in [0.2, 0.25) is 5.91 Å². The van der Waals surface area contributed by atoms with Crippen LogP contribution in [0.25, 0.3) is 0 Å². The van der Waals surface area contributed by atoms with Crippen molar-refractivity contribution in [1.29, 1.82) is 0 Å². The van der Waals surface area contributed by atoms with E-state index in [9.17, 15) is 9.59 Å². The summed E-state index contributed by atoms with van der Waals surface area (Å²) in [6.07, 6.45) is 7.93. The largest absolute Gasteiger partial charge is 0.369 e. The lowest BCUT2D eigenvalue weighted by Gasteiger charge is -2.32. The van der Waals surface area contributed by atoms with Crippen molar-refractivity contribution in [3.05, 3.63) is 21.4 Å². The van der Waals surface area contributed by atoms with Gasteiger partial charge in [-0.25, -0.2) is 0 Å². The first-order chi connectivity index (χ1) is 11.1. The summed E-state index contributed by atoms with van der Waals surface area (Å²) in [7, 11) is 0. The molecule has 1 aliphatic carbocycles. The second-order valence-corrected chi connectivity index (χ2v) is 7.77. The topological polar surface area (TPSA) is 75.4 Å². The van der Waals surface area contributed by atoms with Crippen molar-refractivity contribution in [1.82, 2.24) is 10.2 Å². The van der Waals surface area contributed by atoms with Gasteiger partial charge < -0.3 is 11.1 Å². The van der Waals surface area contributed by atoms with Gasteiger partial charge in [-0.15, -0.1) is 11.3 Å². The van der Waals surface area contributed by atoms with Crippen LogP contribution in [0, 0.1) is 0 Å². The van der Waals surface area contributed by atoms with Gasteiger partial charge in [-0.1, -0.05) is 6.42 Å². The molecule has 6 heteroatoms. The number of piperidine rings is 1. The van der Waals surface area contributed by atoms with Crippen molar-refractivity contribution in [3.63, 3.8) is 0 Å². The van der Waals surface area contributed by atoms with Crippen LogP contribution in [0.1, 0.15) is 52.2 Å². The van der Waals surface area contributed by atoms with Crippen LogP contribution in [0.3, 0.4) is 0 Å². The van der Waals surface area contributed by atoms with Crippen LogP contribution in [0.15, 0.2) is 6.07 Å². The van der Waals surface area contributed by atoms with E-state index in [0.29, 0.717) is 6.54 Å². The van der Waals surface area contributed by atoms with E-state index in [1.165, 1.54) is 29.7 Å². The highest BCUT2D eigenvalue weighted by Gasteiger charge is 2.24. The highest BCUT2D eigenvalue weighted by molar-refractivity contribution is 7.14. The van der Waals surface area contributed by atoms with Crippen molar-refractivity contribution in [2.24, 2.45) is 5.73 Å². The molecule has 2 amide bonds. The molecule has 1 saturated heterocycles. The molecule has 0 aromatic carbocycles. The molecule has 1 aliphatic heterocycles. The molecule has 1 atom stereocenters. The number of likely N-dealkylation sites (tertiary alicyclic amines) is 1. The Bertz CT molecular complexity index is 561.